The molecule has 0 unspecified atom stereocenters. The van der Waals surface area contributed by atoms with Gasteiger partial charge in [-0.15, -0.1) is 0 Å². The predicted octanol–water partition coefficient (Wildman–Crippen LogP) is 2.93. The first-order valence-corrected chi connectivity index (χ1v) is 6.55. The highest BCUT2D eigenvalue weighted by atomic mass is 16.5. The van der Waals surface area contributed by atoms with Crippen LogP contribution in [0.2, 0.25) is 0 Å². The SMILES string of the molecule is CCCCOCCCC.O=C(O)CCCC(=O)O. The number of unbranched alkanes of at least 4 members (excludes halogenated alkanes) is 2. The number of rotatable bonds is 10. The minimum absolute atomic E-state index is 0.0632. The molecular weight excluding hydrogens is 236 g/mol. The molecule has 5 nitrogen and oxygen atoms in total. The Balaban J connectivity index is 0. The van der Waals surface area contributed by atoms with Crippen LogP contribution < -0.4 is 0 Å². The van der Waals surface area contributed by atoms with Gasteiger partial charge in [-0.2, -0.15) is 0 Å². The predicted molar refractivity (Wildman–Crippen MR) is 69.8 cm³/mol. The van der Waals surface area contributed by atoms with Crippen molar-refractivity contribution in [3.8, 4) is 0 Å². The average Bonchev–Trinajstić information content (AvgIpc) is 2.29. The minimum Gasteiger partial charge on any atom is -0.481 e. The lowest BCUT2D eigenvalue weighted by molar-refractivity contribution is -0.138. The Morgan fingerprint density at radius 1 is 0.833 bits per heavy atom. The van der Waals surface area contributed by atoms with Crippen molar-refractivity contribution < 1.29 is 24.5 Å². The largest absolute Gasteiger partial charge is 0.481 e. The van der Waals surface area contributed by atoms with Gasteiger partial charge in [0.2, 0.25) is 0 Å². The van der Waals surface area contributed by atoms with Crippen LogP contribution in [0.3, 0.4) is 0 Å². The molecule has 0 fully saturated rings. The molecule has 0 spiro atoms. The number of hydrogen-bond acceptors (Lipinski definition) is 3. The summed E-state index contributed by atoms with van der Waals surface area (Å²) in [6.45, 7) is 6.28. The van der Waals surface area contributed by atoms with E-state index >= 15 is 0 Å². The molecular formula is C13H26O5. The molecule has 0 rings (SSSR count). The highest BCUT2D eigenvalue weighted by Crippen LogP contribution is 1.93. The molecule has 0 amide bonds. The summed E-state index contributed by atoms with van der Waals surface area (Å²) in [5.74, 6) is -1.90. The molecule has 0 aromatic carbocycles. The van der Waals surface area contributed by atoms with Crippen LogP contribution in [0.15, 0.2) is 0 Å². The molecule has 0 aliphatic rings. The zero-order chi connectivity index (χ0) is 14.2. The molecule has 0 aliphatic carbocycles. The van der Waals surface area contributed by atoms with Crippen LogP contribution in [0.4, 0.5) is 0 Å². The fourth-order valence-corrected chi connectivity index (χ4v) is 0.986. The summed E-state index contributed by atoms with van der Waals surface area (Å²) in [6.07, 6.45) is 4.99. The molecule has 18 heavy (non-hydrogen) atoms. The van der Waals surface area contributed by atoms with Crippen molar-refractivity contribution in [2.24, 2.45) is 0 Å². The summed E-state index contributed by atoms with van der Waals surface area (Å²) in [5, 5.41) is 16.1. The van der Waals surface area contributed by atoms with Crippen molar-refractivity contribution >= 4 is 11.9 Å². The Morgan fingerprint density at radius 3 is 1.50 bits per heavy atom. The number of ether oxygens (including phenoxy) is 1. The minimum atomic E-state index is -0.948. The second-order valence-corrected chi connectivity index (χ2v) is 3.96. The summed E-state index contributed by atoms with van der Waals surface area (Å²) >= 11 is 0. The van der Waals surface area contributed by atoms with E-state index in [2.05, 4.69) is 13.8 Å². The highest BCUT2D eigenvalue weighted by molar-refractivity contribution is 5.69. The Morgan fingerprint density at radius 2 is 1.22 bits per heavy atom. The van der Waals surface area contributed by atoms with Crippen molar-refractivity contribution in [3.05, 3.63) is 0 Å². The lowest BCUT2D eigenvalue weighted by Gasteiger charge is -1.99. The summed E-state index contributed by atoms with van der Waals surface area (Å²) in [6, 6.07) is 0. The number of aliphatic carboxylic acids is 2. The third kappa shape index (κ3) is 24.2. The fourth-order valence-electron chi connectivity index (χ4n) is 0.986. The number of carboxylic acid groups (broad SMARTS) is 2. The van der Waals surface area contributed by atoms with E-state index in [9.17, 15) is 9.59 Å². The van der Waals surface area contributed by atoms with Crippen LogP contribution in [-0.4, -0.2) is 35.4 Å². The normalized spacial score (nSPS) is 9.44. The lowest BCUT2D eigenvalue weighted by Crippen LogP contribution is -1.98. The molecule has 108 valence electrons. The van der Waals surface area contributed by atoms with E-state index in [0.29, 0.717) is 0 Å². The molecule has 0 aromatic heterocycles. The van der Waals surface area contributed by atoms with E-state index < -0.39 is 11.9 Å². The number of carbonyl (C=O) groups is 2. The van der Waals surface area contributed by atoms with Crippen molar-refractivity contribution in [1.82, 2.24) is 0 Å². The zero-order valence-corrected chi connectivity index (χ0v) is 11.5. The fraction of sp³-hybridized carbons (Fsp3) is 0.846. The Kier molecular flexibility index (Phi) is 17.0. The number of hydrogen-bond donors (Lipinski definition) is 2. The summed E-state index contributed by atoms with van der Waals surface area (Å²) in [5.41, 5.74) is 0. The van der Waals surface area contributed by atoms with Crippen LogP contribution in [-0.2, 0) is 14.3 Å². The maximum atomic E-state index is 9.79. The van der Waals surface area contributed by atoms with Crippen LogP contribution in [0.25, 0.3) is 0 Å². The second kappa shape index (κ2) is 15.9. The molecule has 0 saturated heterocycles. The molecule has 0 bridgehead atoms. The third-order valence-corrected chi connectivity index (χ3v) is 2.07. The molecule has 0 heterocycles. The summed E-state index contributed by atoms with van der Waals surface area (Å²) < 4.78 is 5.31. The van der Waals surface area contributed by atoms with Crippen molar-refractivity contribution in [3.63, 3.8) is 0 Å². The van der Waals surface area contributed by atoms with E-state index in [1.54, 1.807) is 0 Å². The first-order chi connectivity index (χ1) is 8.54. The van der Waals surface area contributed by atoms with Gasteiger partial charge in [-0.25, -0.2) is 0 Å². The van der Waals surface area contributed by atoms with Gasteiger partial charge in [0.1, 0.15) is 0 Å². The Hall–Kier alpha value is -1.10. The summed E-state index contributed by atoms with van der Waals surface area (Å²) in [7, 11) is 0. The topological polar surface area (TPSA) is 83.8 Å². The van der Waals surface area contributed by atoms with Gasteiger partial charge in [0, 0.05) is 26.1 Å². The van der Waals surface area contributed by atoms with Crippen LogP contribution in [0.5, 0.6) is 0 Å². The maximum absolute atomic E-state index is 9.79. The standard InChI is InChI=1S/C8H18O.C5H8O4/c1-3-5-7-9-8-6-4-2;6-4(7)2-1-3-5(8)9/h3-8H2,1-2H3;1-3H2,(H,6,7)(H,8,9). The number of carboxylic acids is 2. The highest BCUT2D eigenvalue weighted by Gasteiger charge is 1.99. The van der Waals surface area contributed by atoms with Gasteiger partial charge < -0.3 is 14.9 Å². The van der Waals surface area contributed by atoms with E-state index in [0.717, 1.165) is 13.2 Å². The average molecular weight is 262 g/mol. The molecule has 2 N–H and O–H groups in total. The quantitative estimate of drug-likeness (QED) is 0.591. The van der Waals surface area contributed by atoms with Crippen LogP contribution in [0, 0.1) is 0 Å². The van der Waals surface area contributed by atoms with Gasteiger partial charge in [0.25, 0.3) is 0 Å². The lowest BCUT2D eigenvalue weighted by atomic mass is 10.2. The van der Waals surface area contributed by atoms with Crippen molar-refractivity contribution in [2.75, 3.05) is 13.2 Å². The van der Waals surface area contributed by atoms with Gasteiger partial charge >= 0.3 is 11.9 Å². The van der Waals surface area contributed by atoms with Crippen molar-refractivity contribution in [2.45, 2.75) is 58.8 Å². The van der Waals surface area contributed by atoms with E-state index in [-0.39, 0.29) is 19.3 Å². The zero-order valence-electron chi connectivity index (χ0n) is 11.5. The van der Waals surface area contributed by atoms with Gasteiger partial charge in [-0.1, -0.05) is 26.7 Å². The van der Waals surface area contributed by atoms with Gasteiger partial charge in [-0.3, -0.25) is 9.59 Å². The smallest absolute Gasteiger partial charge is 0.303 e. The van der Waals surface area contributed by atoms with Gasteiger partial charge in [0.05, 0.1) is 0 Å². The maximum Gasteiger partial charge on any atom is 0.303 e. The van der Waals surface area contributed by atoms with Gasteiger partial charge in [0.15, 0.2) is 0 Å². The molecule has 0 radical (unpaired) electrons. The first kappa shape index (κ1) is 19.2. The molecule has 0 aromatic rings. The molecule has 0 aliphatic heterocycles. The van der Waals surface area contributed by atoms with Gasteiger partial charge in [-0.05, 0) is 19.3 Å². The monoisotopic (exact) mass is 262 g/mol. The molecule has 0 saturated carbocycles. The van der Waals surface area contributed by atoms with Crippen molar-refractivity contribution in [1.29, 1.82) is 0 Å². The van der Waals surface area contributed by atoms with E-state index in [1.165, 1.54) is 25.7 Å². The van der Waals surface area contributed by atoms with E-state index in [1.807, 2.05) is 0 Å². The first-order valence-electron chi connectivity index (χ1n) is 6.55. The Labute approximate surface area is 109 Å². The second-order valence-electron chi connectivity index (χ2n) is 3.96. The Bertz CT molecular complexity index is 184. The van der Waals surface area contributed by atoms with Crippen LogP contribution >= 0.6 is 0 Å². The summed E-state index contributed by atoms with van der Waals surface area (Å²) in [4.78, 5) is 19.6. The van der Waals surface area contributed by atoms with Crippen LogP contribution in [0.1, 0.15) is 58.8 Å². The molecule has 5 heteroatoms. The van der Waals surface area contributed by atoms with E-state index in [4.69, 9.17) is 14.9 Å². The molecule has 0 atom stereocenters. The third-order valence-electron chi connectivity index (χ3n) is 2.07.